The predicted molar refractivity (Wildman–Crippen MR) is 94.3 cm³/mol. The number of pyridine rings is 1. The van der Waals surface area contributed by atoms with E-state index in [1.54, 1.807) is 19.1 Å². The van der Waals surface area contributed by atoms with E-state index in [4.69, 9.17) is 4.74 Å². The second kappa shape index (κ2) is 13.2. The van der Waals surface area contributed by atoms with E-state index in [1.807, 2.05) is 0 Å². The second-order valence-electron chi connectivity index (χ2n) is 4.76. The van der Waals surface area contributed by atoms with Crippen molar-refractivity contribution >= 4 is 13.9 Å². The van der Waals surface area contributed by atoms with Crippen molar-refractivity contribution in [3.8, 4) is 11.4 Å². The molecule has 2 heterocycles. The van der Waals surface area contributed by atoms with E-state index in [-0.39, 0.29) is 36.3 Å². The van der Waals surface area contributed by atoms with Gasteiger partial charge < -0.3 is 9.72 Å². The van der Waals surface area contributed by atoms with E-state index < -0.39 is 0 Å². The molecule has 2 aromatic rings. The molecule has 0 aliphatic rings. The van der Waals surface area contributed by atoms with E-state index in [9.17, 15) is 4.79 Å². The summed E-state index contributed by atoms with van der Waals surface area (Å²) in [6.45, 7) is 9.02. The molecule has 8 heteroatoms. The summed E-state index contributed by atoms with van der Waals surface area (Å²) in [5.41, 5.74) is 1.62. The summed E-state index contributed by atoms with van der Waals surface area (Å²) in [6, 6.07) is 3.31. The van der Waals surface area contributed by atoms with Gasteiger partial charge in [-0.05, 0) is 35.6 Å². The van der Waals surface area contributed by atoms with E-state index >= 15 is 0 Å². The van der Waals surface area contributed by atoms with Gasteiger partial charge in [-0.15, -0.1) is 6.07 Å². The molecule has 0 spiro atoms. The first-order valence-electron chi connectivity index (χ1n) is 7.91. The van der Waals surface area contributed by atoms with E-state index in [0.717, 1.165) is 0 Å². The number of nitrogens with one attached hydrogen (secondary N) is 1. The Morgan fingerprint density at radius 1 is 1.21 bits per heavy atom. The molecule has 0 radical (unpaired) electrons. The Hall–Kier alpha value is -1.07. The van der Waals surface area contributed by atoms with E-state index in [2.05, 4.69) is 47.4 Å². The van der Waals surface area contributed by atoms with Crippen molar-refractivity contribution in [1.82, 2.24) is 20.4 Å². The topological polar surface area (TPSA) is 80.8 Å². The van der Waals surface area contributed by atoms with Gasteiger partial charge in [0.05, 0.1) is 30.7 Å². The fourth-order valence-corrected chi connectivity index (χ4v) is 3.42. The first-order valence-corrected chi connectivity index (χ1v) is 10.0. The van der Waals surface area contributed by atoms with Crippen LogP contribution in [0.1, 0.15) is 38.1 Å². The molecule has 0 aliphatic carbocycles. The molecule has 0 saturated carbocycles. The molecule has 136 valence electrons. The number of ether oxygens (including phenoxy) is 1. The summed E-state index contributed by atoms with van der Waals surface area (Å²) < 4.78 is 4.84. The molecule has 2 aromatic heterocycles. The molecule has 24 heavy (non-hydrogen) atoms. The van der Waals surface area contributed by atoms with Gasteiger partial charge >= 0.3 is 28.3 Å². The Morgan fingerprint density at radius 3 is 2.25 bits per heavy atom. The number of aromatic amines is 1. The molecular weight excluding hydrogens is 508 g/mol. The third-order valence-electron chi connectivity index (χ3n) is 3.40. The van der Waals surface area contributed by atoms with Crippen LogP contribution in [-0.2, 0) is 27.1 Å². The zero-order valence-corrected chi connectivity index (χ0v) is 17.7. The summed E-state index contributed by atoms with van der Waals surface area (Å²) >= 11 is 0. The monoisotopic (exact) mass is 533 g/mol. The Balaban J connectivity index is 0.000000570. The number of nitrogens with zero attached hydrogens (tertiary/aromatic N) is 3. The first-order chi connectivity index (χ1) is 11.2. The van der Waals surface area contributed by atoms with Crippen LogP contribution >= 0.6 is 7.92 Å². The van der Waals surface area contributed by atoms with Crippen molar-refractivity contribution in [3.05, 3.63) is 30.1 Å². The smallest absolute Gasteiger partial charge is 0.462 e. The predicted octanol–water partition coefficient (Wildman–Crippen LogP) is 3.10. The van der Waals surface area contributed by atoms with E-state index in [1.165, 1.54) is 24.7 Å². The second-order valence-corrected chi connectivity index (χ2v) is 8.38. The van der Waals surface area contributed by atoms with Crippen LogP contribution in [0, 0.1) is 6.20 Å². The molecule has 1 N–H and O–H groups in total. The van der Waals surface area contributed by atoms with Crippen molar-refractivity contribution in [2.45, 2.75) is 27.7 Å². The molecule has 0 unspecified atom stereocenters. The van der Waals surface area contributed by atoms with Crippen molar-refractivity contribution in [2.75, 3.05) is 25.1 Å². The van der Waals surface area contributed by atoms with Crippen molar-refractivity contribution < 1.29 is 31.9 Å². The van der Waals surface area contributed by atoms with Gasteiger partial charge in [0.25, 0.3) is 0 Å². The normalized spacial score (nSPS) is 9.71. The number of carbonyl (C=O) groups is 1. The summed E-state index contributed by atoms with van der Waals surface area (Å²) in [5.74, 6) is -0.381. The summed E-state index contributed by atoms with van der Waals surface area (Å²) in [6.07, 6.45) is 8.45. The zero-order valence-electron chi connectivity index (χ0n) is 14.5. The maximum atomic E-state index is 11.3. The number of esters is 1. The molecular formula is C16H25AuN4O2P+. The number of H-pyrrole nitrogens is 1. The molecule has 0 fully saturated rings. The van der Waals surface area contributed by atoms with Gasteiger partial charge in [-0.1, -0.05) is 28.9 Å². The Bertz CT molecular complexity index is 554. The Kier molecular flexibility index (Phi) is 12.7. The Morgan fingerprint density at radius 2 is 1.88 bits per heavy atom. The Labute approximate surface area is 160 Å². The molecule has 6 nitrogen and oxygen atoms in total. The van der Waals surface area contributed by atoms with Crippen LogP contribution in [0.25, 0.3) is 11.4 Å². The SMILES string of the molecule is CCOC(=O)c1ccc(-c2[c-]nn[nH]2)nc1.CC[PH+](CC)CC.[Au+]. The van der Waals surface area contributed by atoms with Gasteiger partial charge in [0.1, 0.15) is 0 Å². The van der Waals surface area contributed by atoms with Crippen LogP contribution in [0.5, 0.6) is 0 Å². The molecule has 0 atom stereocenters. The number of aromatic nitrogens is 4. The molecule has 2 rings (SSSR count). The van der Waals surface area contributed by atoms with Gasteiger partial charge in [0.15, 0.2) is 0 Å². The number of rotatable bonds is 6. The van der Waals surface area contributed by atoms with E-state index in [0.29, 0.717) is 23.6 Å². The molecule has 0 bridgehead atoms. The number of hydrogen-bond donors (Lipinski definition) is 1. The maximum absolute atomic E-state index is 11.3. The summed E-state index contributed by atoms with van der Waals surface area (Å²) in [5, 5.41) is 9.68. The molecule has 0 saturated heterocycles. The van der Waals surface area contributed by atoms with Gasteiger partial charge in [-0.3, -0.25) is 5.10 Å². The average Bonchev–Trinajstić information content (AvgIpc) is 3.12. The molecule has 0 aliphatic heterocycles. The third-order valence-corrected chi connectivity index (χ3v) is 6.40. The third kappa shape index (κ3) is 7.67. The summed E-state index contributed by atoms with van der Waals surface area (Å²) in [4.78, 5) is 15.4. The maximum Gasteiger partial charge on any atom is 1.00 e. The van der Waals surface area contributed by atoms with Gasteiger partial charge in [0, 0.05) is 6.20 Å². The van der Waals surface area contributed by atoms with Crippen molar-refractivity contribution in [2.24, 2.45) is 0 Å². The first kappa shape index (κ1) is 22.9. The van der Waals surface area contributed by atoms with Gasteiger partial charge in [-0.25, -0.2) is 9.89 Å². The molecule has 0 aromatic carbocycles. The standard InChI is InChI=1S/C10H9N4O2.C6H15P.Au/c1-2-16-10(15)7-3-4-8(11-5-7)9-6-12-14-13-9;1-4-7(5-2)6-3;/h3-5H,2H2,1H3,(H,12,13,14);4-6H2,1-3H3;/q-1;;+1/p+1. The number of carbonyl (C=O) groups excluding carboxylic acids is 1. The molecule has 0 amide bonds. The van der Waals surface area contributed by atoms with Crippen LogP contribution < -0.4 is 0 Å². The largest absolute Gasteiger partial charge is 1.00 e. The van der Waals surface area contributed by atoms with Crippen LogP contribution in [0.2, 0.25) is 0 Å². The average molecular weight is 533 g/mol. The van der Waals surface area contributed by atoms with Gasteiger partial charge in [-0.2, -0.15) is 0 Å². The quantitative estimate of drug-likeness (QED) is 0.267. The minimum atomic E-state index is -0.381. The van der Waals surface area contributed by atoms with Crippen LogP contribution in [-0.4, -0.2) is 51.5 Å². The summed E-state index contributed by atoms with van der Waals surface area (Å²) in [7, 11) is 0.137. The minimum absolute atomic E-state index is 0. The van der Waals surface area contributed by atoms with Crippen LogP contribution in [0.15, 0.2) is 18.3 Å². The van der Waals surface area contributed by atoms with Crippen molar-refractivity contribution in [3.63, 3.8) is 0 Å². The van der Waals surface area contributed by atoms with Crippen molar-refractivity contribution in [1.29, 1.82) is 0 Å². The fraction of sp³-hybridized carbons (Fsp3) is 0.500. The van der Waals surface area contributed by atoms with Crippen LogP contribution in [0.4, 0.5) is 0 Å². The number of hydrogen-bond acceptors (Lipinski definition) is 5. The van der Waals surface area contributed by atoms with Gasteiger partial charge in [0.2, 0.25) is 0 Å². The van der Waals surface area contributed by atoms with Crippen LogP contribution in [0.3, 0.4) is 0 Å². The minimum Gasteiger partial charge on any atom is -0.462 e. The zero-order chi connectivity index (χ0) is 17.1. The fourth-order valence-electron chi connectivity index (χ4n) is 1.92.